The van der Waals surface area contributed by atoms with Gasteiger partial charge in [-0.2, -0.15) is 11.8 Å². The van der Waals surface area contributed by atoms with E-state index < -0.39 is 0 Å². The van der Waals surface area contributed by atoms with Gasteiger partial charge < -0.3 is 9.84 Å². The first-order valence-electron chi connectivity index (χ1n) is 6.44. The van der Waals surface area contributed by atoms with E-state index in [1.54, 1.807) is 0 Å². The van der Waals surface area contributed by atoms with Crippen molar-refractivity contribution in [1.82, 2.24) is 4.90 Å². The summed E-state index contributed by atoms with van der Waals surface area (Å²) in [5, 5.41) is 9.91. The zero-order valence-corrected chi connectivity index (χ0v) is 12.7. The fourth-order valence-corrected chi connectivity index (χ4v) is 3.00. The topological polar surface area (TPSA) is 32.7 Å². The lowest BCUT2D eigenvalue weighted by Gasteiger charge is -2.28. The summed E-state index contributed by atoms with van der Waals surface area (Å²) in [6.45, 7) is 3.89. The van der Waals surface area contributed by atoms with Crippen LogP contribution >= 0.6 is 24.2 Å². The van der Waals surface area contributed by atoms with Crippen molar-refractivity contribution in [2.75, 3.05) is 37.7 Å². The molecular weight excluding hydrogens is 282 g/mol. The summed E-state index contributed by atoms with van der Waals surface area (Å²) in [7, 11) is 0. The van der Waals surface area contributed by atoms with Gasteiger partial charge in [-0.25, -0.2) is 0 Å². The number of ether oxygens (including phenoxy) is 1. The van der Waals surface area contributed by atoms with Crippen LogP contribution in [-0.4, -0.2) is 53.9 Å². The molecule has 1 aliphatic heterocycles. The predicted octanol–water partition coefficient (Wildman–Crippen LogP) is 2.03. The SMILES string of the molecule is Cl.OC(COCc1ccccc1)CN1CCSCC1. The minimum absolute atomic E-state index is 0. The van der Waals surface area contributed by atoms with E-state index in [1.165, 1.54) is 11.5 Å². The maximum atomic E-state index is 9.91. The second-order valence-electron chi connectivity index (χ2n) is 4.57. The highest BCUT2D eigenvalue weighted by atomic mass is 35.5. The van der Waals surface area contributed by atoms with Crippen LogP contribution in [0.1, 0.15) is 5.56 Å². The Bertz CT molecular complexity index is 333. The van der Waals surface area contributed by atoms with E-state index in [2.05, 4.69) is 4.90 Å². The Morgan fingerprint density at radius 2 is 1.89 bits per heavy atom. The first-order chi connectivity index (χ1) is 8.84. The number of aliphatic hydroxyl groups excluding tert-OH is 1. The number of nitrogens with zero attached hydrogens (tertiary/aromatic N) is 1. The Hall–Kier alpha value is -0.260. The molecule has 0 bridgehead atoms. The van der Waals surface area contributed by atoms with Crippen molar-refractivity contribution in [3.8, 4) is 0 Å². The second kappa shape index (κ2) is 9.61. The number of hydrogen-bond acceptors (Lipinski definition) is 4. The number of halogens is 1. The van der Waals surface area contributed by atoms with Crippen LogP contribution in [-0.2, 0) is 11.3 Å². The minimum atomic E-state index is -0.378. The predicted molar refractivity (Wildman–Crippen MR) is 83.1 cm³/mol. The molecule has 0 aliphatic carbocycles. The van der Waals surface area contributed by atoms with Crippen molar-refractivity contribution in [2.24, 2.45) is 0 Å². The third kappa shape index (κ3) is 6.63. The van der Waals surface area contributed by atoms with E-state index >= 15 is 0 Å². The molecule has 0 saturated carbocycles. The number of rotatable bonds is 6. The summed E-state index contributed by atoms with van der Waals surface area (Å²) >= 11 is 1.99. The highest BCUT2D eigenvalue weighted by Gasteiger charge is 2.14. The molecule has 0 radical (unpaired) electrons. The van der Waals surface area contributed by atoms with Crippen molar-refractivity contribution in [3.05, 3.63) is 35.9 Å². The van der Waals surface area contributed by atoms with Crippen molar-refractivity contribution < 1.29 is 9.84 Å². The fourth-order valence-electron chi connectivity index (χ4n) is 2.02. The van der Waals surface area contributed by atoms with Crippen LogP contribution < -0.4 is 0 Å². The molecule has 3 nitrogen and oxygen atoms in total. The van der Waals surface area contributed by atoms with E-state index in [0.29, 0.717) is 13.2 Å². The lowest BCUT2D eigenvalue weighted by molar-refractivity contribution is 0.0114. The Labute approximate surface area is 125 Å². The maximum Gasteiger partial charge on any atom is 0.0900 e. The molecule has 1 unspecified atom stereocenters. The zero-order chi connectivity index (χ0) is 12.6. The zero-order valence-electron chi connectivity index (χ0n) is 11.0. The second-order valence-corrected chi connectivity index (χ2v) is 5.79. The molecule has 1 N–H and O–H groups in total. The van der Waals surface area contributed by atoms with Crippen LogP contribution in [0.3, 0.4) is 0 Å². The van der Waals surface area contributed by atoms with Gasteiger partial charge >= 0.3 is 0 Å². The summed E-state index contributed by atoms with van der Waals surface area (Å²) in [6.07, 6.45) is -0.378. The van der Waals surface area contributed by atoms with Crippen LogP contribution in [0.4, 0.5) is 0 Å². The molecule has 108 valence electrons. The van der Waals surface area contributed by atoms with E-state index in [4.69, 9.17) is 4.74 Å². The van der Waals surface area contributed by atoms with Crippen LogP contribution in [0.25, 0.3) is 0 Å². The molecule has 19 heavy (non-hydrogen) atoms. The lowest BCUT2D eigenvalue weighted by atomic mass is 10.2. The Balaban J connectivity index is 0.00000180. The van der Waals surface area contributed by atoms with Gasteiger partial charge in [0.1, 0.15) is 0 Å². The van der Waals surface area contributed by atoms with Crippen LogP contribution in [0.15, 0.2) is 30.3 Å². The molecule has 0 spiro atoms. The monoisotopic (exact) mass is 303 g/mol. The van der Waals surface area contributed by atoms with E-state index in [-0.39, 0.29) is 18.5 Å². The van der Waals surface area contributed by atoms with Crippen molar-refractivity contribution >= 4 is 24.2 Å². The Kier molecular flexibility index (Phi) is 8.50. The molecule has 2 rings (SSSR count). The van der Waals surface area contributed by atoms with Gasteiger partial charge in [0, 0.05) is 31.1 Å². The highest BCUT2D eigenvalue weighted by molar-refractivity contribution is 7.99. The van der Waals surface area contributed by atoms with E-state index in [9.17, 15) is 5.11 Å². The van der Waals surface area contributed by atoms with E-state index in [0.717, 1.165) is 25.2 Å². The molecule has 1 fully saturated rings. The van der Waals surface area contributed by atoms with Crippen molar-refractivity contribution in [3.63, 3.8) is 0 Å². The number of hydrogen-bond donors (Lipinski definition) is 1. The first-order valence-corrected chi connectivity index (χ1v) is 7.60. The standard InChI is InChI=1S/C14H21NO2S.ClH/c16-14(10-15-6-8-18-9-7-15)12-17-11-13-4-2-1-3-5-13;/h1-5,14,16H,6-12H2;1H. The first kappa shape index (κ1) is 16.8. The van der Waals surface area contributed by atoms with Crippen molar-refractivity contribution in [2.45, 2.75) is 12.7 Å². The van der Waals surface area contributed by atoms with Crippen LogP contribution in [0.5, 0.6) is 0 Å². The lowest BCUT2D eigenvalue weighted by Crippen LogP contribution is -2.39. The molecule has 0 amide bonds. The molecule has 1 saturated heterocycles. The smallest absolute Gasteiger partial charge is 0.0900 e. The number of benzene rings is 1. The third-order valence-corrected chi connectivity index (χ3v) is 3.94. The highest BCUT2D eigenvalue weighted by Crippen LogP contribution is 2.09. The Morgan fingerprint density at radius 3 is 2.58 bits per heavy atom. The Morgan fingerprint density at radius 1 is 1.21 bits per heavy atom. The molecule has 1 aromatic carbocycles. The van der Waals surface area contributed by atoms with Gasteiger partial charge in [0.05, 0.1) is 19.3 Å². The molecule has 1 atom stereocenters. The molecular formula is C14H22ClNO2S. The third-order valence-electron chi connectivity index (χ3n) is 2.99. The van der Waals surface area contributed by atoms with Gasteiger partial charge in [0.15, 0.2) is 0 Å². The number of aliphatic hydroxyl groups is 1. The summed E-state index contributed by atoms with van der Waals surface area (Å²) in [5.41, 5.74) is 1.15. The number of β-amino-alcohol motifs (C(OH)–C–C–N with tert-alkyl or cyclic N) is 1. The largest absolute Gasteiger partial charge is 0.389 e. The fraction of sp³-hybridized carbons (Fsp3) is 0.571. The van der Waals surface area contributed by atoms with Gasteiger partial charge in [-0.3, -0.25) is 4.90 Å². The molecule has 1 heterocycles. The average Bonchev–Trinajstić information content (AvgIpc) is 2.41. The van der Waals surface area contributed by atoms with Gasteiger partial charge in [0.25, 0.3) is 0 Å². The summed E-state index contributed by atoms with van der Waals surface area (Å²) in [5.74, 6) is 2.36. The van der Waals surface area contributed by atoms with Crippen molar-refractivity contribution in [1.29, 1.82) is 0 Å². The van der Waals surface area contributed by atoms with Gasteiger partial charge in [0.2, 0.25) is 0 Å². The molecule has 5 heteroatoms. The van der Waals surface area contributed by atoms with Crippen LogP contribution in [0, 0.1) is 0 Å². The summed E-state index contributed by atoms with van der Waals surface area (Å²) in [4.78, 5) is 2.31. The van der Waals surface area contributed by atoms with E-state index in [1.807, 2.05) is 42.1 Å². The van der Waals surface area contributed by atoms with Gasteiger partial charge in [-0.15, -0.1) is 12.4 Å². The summed E-state index contributed by atoms with van der Waals surface area (Å²) in [6, 6.07) is 10.1. The normalized spacial score (nSPS) is 17.7. The quantitative estimate of drug-likeness (QED) is 0.872. The molecule has 1 aromatic rings. The maximum absolute atomic E-state index is 9.91. The molecule has 0 aromatic heterocycles. The summed E-state index contributed by atoms with van der Waals surface area (Å²) < 4.78 is 5.54. The van der Waals surface area contributed by atoms with Crippen LogP contribution in [0.2, 0.25) is 0 Å². The minimum Gasteiger partial charge on any atom is -0.389 e. The number of thioether (sulfide) groups is 1. The van der Waals surface area contributed by atoms with Gasteiger partial charge in [-0.1, -0.05) is 30.3 Å². The molecule has 1 aliphatic rings. The average molecular weight is 304 g/mol. The van der Waals surface area contributed by atoms with Gasteiger partial charge in [-0.05, 0) is 5.56 Å².